The topological polar surface area (TPSA) is 66.8 Å². The van der Waals surface area contributed by atoms with Gasteiger partial charge in [0.25, 0.3) is 0 Å². The Balaban J connectivity index is 1.98. The van der Waals surface area contributed by atoms with E-state index in [1.165, 1.54) is 0 Å². The van der Waals surface area contributed by atoms with E-state index in [0.717, 1.165) is 11.3 Å². The van der Waals surface area contributed by atoms with Gasteiger partial charge < -0.3 is 14.7 Å². The van der Waals surface area contributed by atoms with E-state index < -0.39 is 11.9 Å². The van der Waals surface area contributed by atoms with Crippen molar-refractivity contribution in [2.75, 3.05) is 14.2 Å². The van der Waals surface area contributed by atoms with Gasteiger partial charge in [-0.05, 0) is 31.4 Å². The molecule has 3 atom stereocenters. The molecule has 1 aromatic rings. The Bertz CT molecular complexity index is 543. The molecular formula is C16H21NO4. The van der Waals surface area contributed by atoms with Crippen LogP contribution in [0.4, 0.5) is 0 Å². The van der Waals surface area contributed by atoms with Crippen LogP contribution in [-0.2, 0) is 16.0 Å². The molecule has 1 aromatic carbocycles. The van der Waals surface area contributed by atoms with Gasteiger partial charge in [0.2, 0.25) is 5.91 Å². The van der Waals surface area contributed by atoms with Crippen LogP contribution in [0.2, 0.25) is 0 Å². The third-order valence-electron chi connectivity index (χ3n) is 4.14. The zero-order valence-electron chi connectivity index (χ0n) is 12.6. The van der Waals surface area contributed by atoms with Crippen molar-refractivity contribution in [3.05, 3.63) is 29.8 Å². The molecule has 114 valence electrons. The van der Waals surface area contributed by atoms with Crippen molar-refractivity contribution in [3.63, 3.8) is 0 Å². The van der Waals surface area contributed by atoms with E-state index in [1.54, 1.807) is 19.1 Å². The van der Waals surface area contributed by atoms with Crippen LogP contribution < -0.4 is 4.74 Å². The molecule has 0 bridgehead atoms. The van der Waals surface area contributed by atoms with E-state index >= 15 is 0 Å². The second-order valence-corrected chi connectivity index (χ2v) is 5.60. The molecule has 0 aromatic heterocycles. The number of nitrogens with zero attached hydrogens (tertiary/aromatic N) is 1. The Morgan fingerprint density at radius 2 is 2.05 bits per heavy atom. The van der Waals surface area contributed by atoms with Gasteiger partial charge in [0.15, 0.2) is 0 Å². The van der Waals surface area contributed by atoms with Gasteiger partial charge in [-0.1, -0.05) is 18.2 Å². The maximum atomic E-state index is 12.2. The lowest BCUT2D eigenvalue weighted by Crippen LogP contribution is -2.38. The van der Waals surface area contributed by atoms with Gasteiger partial charge in [0.1, 0.15) is 5.75 Å². The third-order valence-corrected chi connectivity index (χ3v) is 4.14. The molecule has 0 spiro atoms. The Kier molecular flexibility index (Phi) is 4.50. The minimum atomic E-state index is -0.876. The SMILES string of the molecule is COc1ccccc1C[C@H](C)N(C)C(=O)[C@@H]1C[C@H]1C(=O)O. The summed E-state index contributed by atoms with van der Waals surface area (Å²) < 4.78 is 5.31. The fraction of sp³-hybridized carbons (Fsp3) is 0.500. The molecule has 0 saturated heterocycles. The van der Waals surface area contributed by atoms with Gasteiger partial charge in [-0.3, -0.25) is 9.59 Å². The zero-order valence-corrected chi connectivity index (χ0v) is 12.6. The van der Waals surface area contributed by atoms with Crippen molar-refractivity contribution in [2.24, 2.45) is 11.8 Å². The van der Waals surface area contributed by atoms with E-state index in [-0.39, 0.29) is 17.9 Å². The highest BCUT2D eigenvalue weighted by atomic mass is 16.5. The summed E-state index contributed by atoms with van der Waals surface area (Å²) in [4.78, 5) is 24.7. The molecule has 21 heavy (non-hydrogen) atoms. The number of carbonyl (C=O) groups excluding carboxylic acids is 1. The van der Waals surface area contributed by atoms with E-state index in [2.05, 4.69) is 0 Å². The van der Waals surface area contributed by atoms with Gasteiger partial charge in [0.05, 0.1) is 18.9 Å². The number of para-hydroxylation sites is 1. The Labute approximate surface area is 124 Å². The molecule has 1 aliphatic carbocycles. The number of carbonyl (C=O) groups is 2. The average Bonchev–Trinajstić information content (AvgIpc) is 3.26. The van der Waals surface area contributed by atoms with Gasteiger partial charge >= 0.3 is 5.97 Å². The smallest absolute Gasteiger partial charge is 0.307 e. The van der Waals surface area contributed by atoms with Crippen LogP contribution in [0.1, 0.15) is 18.9 Å². The van der Waals surface area contributed by atoms with E-state index in [9.17, 15) is 9.59 Å². The first-order chi connectivity index (χ1) is 9.95. The summed E-state index contributed by atoms with van der Waals surface area (Å²) in [6.07, 6.45) is 1.14. The monoisotopic (exact) mass is 291 g/mol. The summed E-state index contributed by atoms with van der Waals surface area (Å²) >= 11 is 0. The molecule has 0 aliphatic heterocycles. The zero-order chi connectivity index (χ0) is 15.6. The van der Waals surface area contributed by atoms with Crippen molar-refractivity contribution in [1.29, 1.82) is 0 Å². The lowest BCUT2D eigenvalue weighted by atomic mass is 10.0. The minimum absolute atomic E-state index is 0.0103. The van der Waals surface area contributed by atoms with E-state index in [4.69, 9.17) is 9.84 Å². The second kappa shape index (κ2) is 6.16. The van der Waals surface area contributed by atoms with Crippen molar-refractivity contribution < 1.29 is 19.4 Å². The third kappa shape index (κ3) is 3.35. The Morgan fingerprint density at radius 1 is 1.38 bits per heavy atom. The highest BCUT2D eigenvalue weighted by Crippen LogP contribution is 2.40. The van der Waals surface area contributed by atoms with Gasteiger partial charge in [-0.2, -0.15) is 0 Å². The van der Waals surface area contributed by atoms with Crippen LogP contribution in [0.15, 0.2) is 24.3 Å². The maximum Gasteiger partial charge on any atom is 0.307 e. The van der Waals surface area contributed by atoms with Gasteiger partial charge in [0, 0.05) is 13.1 Å². The summed E-state index contributed by atoms with van der Waals surface area (Å²) in [6, 6.07) is 7.71. The maximum absolute atomic E-state index is 12.2. The van der Waals surface area contributed by atoms with Crippen molar-refractivity contribution >= 4 is 11.9 Å². The lowest BCUT2D eigenvalue weighted by Gasteiger charge is -2.26. The van der Waals surface area contributed by atoms with Crippen LogP contribution in [0, 0.1) is 11.8 Å². The predicted molar refractivity (Wildman–Crippen MR) is 78.2 cm³/mol. The number of hydrogen-bond acceptors (Lipinski definition) is 3. The average molecular weight is 291 g/mol. The molecule has 5 heteroatoms. The Hall–Kier alpha value is -2.04. The van der Waals surface area contributed by atoms with Crippen LogP contribution in [0.25, 0.3) is 0 Å². The molecule has 0 radical (unpaired) electrons. The van der Waals surface area contributed by atoms with Crippen LogP contribution >= 0.6 is 0 Å². The first-order valence-corrected chi connectivity index (χ1v) is 7.07. The summed E-state index contributed by atoms with van der Waals surface area (Å²) in [7, 11) is 3.36. The summed E-state index contributed by atoms with van der Waals surface area (Å²) in [5.41, 5.74) is 1.04. The molecule has 1 fully saturated rings. The molecule has 2 rings (SSSR count). The van der Waals surface area contributed by atoms with Gasteiger partial charge in [-0.15, -0.1) is 0 Å². The Morgan fingerprint density at radius 3 is 2.62 bits per heavy atom. The number of methoxy groups -OCH3 is 1. The number of aliphatic carboxylic acids is 1. The highest BCUT2D eigenvalue weighted by Gasteiger charge is 2.49. The summed E-state index contributed by atoms with van der Waals surface area (Å²) in [5, 5.41) is 8.91. The molecule has 1 amide bonds. The fourth-order valence-corrected chi connectivity index (χ4v) is 2.55. The quantitative estimate of drug-likeness (QED) is 0.868. The molecular weight excluding hydrogens is 270 g/mol. The standard InChI is InChI=1S/C16H21NO4/c1-10(8-11-6-4-5-7-14(11)21-3)17(2)15(18)12-9-13(12)16(19)20/h4-7,10,12-13H,8-9H2,1-3H3,(H,19,20)/t10-,12+,13+/m0/s1. The van der Waals surface area contributed by atoms with Crippen LogP contribution in [0.5, 0.6) is 5.75 Å². The van der Waals surface area contributed by atoms with Gasteiger partial charge in [-0.25, -0.2) is 0 Å². The number of rotatable bonds is 6. The van der Waals surface area contributed by atoms with Crippen molar-refractivity contribution in [1.82, 2.24) is 4.90 Å². The molecule has 5 nitrogen and oxygen atoms in total. The van der Waals surface area contributed by atoms with E-state index in [1.807, 2.05) is 31.2 Å². The number of ether oxygens (including phenoxy) is 1. The normalized spacial score (nSPS) is 21.5. The molecule has 0 unspecified atom stereocenters. The number of likely N-dealkylation sites (N-methyl/N-ethyl adjacent to an activating group) is 1. The minimum Gasteiger partial charge on any atom is -0.496 e. The summed E-state index contributed by atoms with van der Waals surface area (Å²) in [5.74, 6) is -1.00. The molecule has 1 aliphatic rings. The number of amides is 1. The largest absolute Gasteiger partial charge is 0.496 e. The number of benzene rings is 1. The molecule has 0 heterocycles. The van der Waals surface area contributed by atoms with Crippen LogP contribution in [-0.4, -0.2) is 42.1 Å². The number of carboxylic acids is 1. The number of hydrogen-bond donors (Lipinski definition) is 1. The van der Waals surface area contributed by atoms with Crippen LogP contribution in [0.3, 0.4) is 0 Å². The fourth-order valence-electron chi connectivity index (χ4n) is 2.55. The molecule has 1 saturated carbocycles. The second-order valence-electron chi connectivity index (χ2n) is 5.60. The van der Waals surface area contributed by atoms with E-state index in [0.29, 0.717) is 12.8 Å². The van der Waals surface area contributed by atoms with Crippen molar-refractivity contribution in [3.8, 4) is 5.75 Å². The first kappa shape index (κ1) is 15.4. The lowest BCUT2D eigenvalue weighted by molar-refractivity contribution is -0.142. The van der Waals surface area contributed by atoms with Crippen molar-refractivity contribution in [2.45, 2.75) is 25.8 Å². The number of carboxylic acid groups (broad SMARTS) is 1. The molecule has 1 N–H and O–H groups in total. The summed E-state index contributed by atoms with van der Waals surface area (Å²) in [6.45, 7) is 1.96. The first-order valence-electron chi connectivity index (χ1n) is 7.07. The highest BCUT2D eigenvalue weighted by molar-refractivity contribution is 5.89. The predicted octanol–water partition coefficient (Wildman–Crippen LogP) is 1.81.